The maximum absolute atomic E-state index is 8.63. The molecule has 0 heterocycles. The maximum atomic E-state index is 8.63. The van der Waals surface area contributed by atoms with Gasteiger partial charge in [-0.2, -0.15) is 0 Å². The molecule has 0 aliphatic rings. The molecule has 8 heavy (non-hydrogen) atoms. The average Bonchev–Trinajstić information content (AvgIpc) is 1.69. The third-order valence-corrected chi connectivity index (χ3v) is 0.756. The van der Waals surface area contributed by atoms with E-state index in [4.69, 9.17) is 5.11 Å². The minimum Gasteiger partial charge on any atom is -0.508 e. The van der Waals surface area contributed by atoms with Crippen molar-refractivity contribution in [1.29, 1.82) is 0 Å². The number of aromatic hydroxyl groups is 1. The Hall–Kier alpha value is -0.461. The molecule has 0 aliphatic heterocycles. The molecule has 0 bridgehead atoms. The Labute approximate surface area is 58.8 Å². The van der Waals surface area contributed by atoms with Crippen LogP contribution in [0.5, 0.6) is 5.75 Å². The second-order valence-corrected chi connectivity index (χ2v) is 1.34. The predicted octanol–water partition coefficient (Wildman–Crippen LogP) is 1.39. The number of phenolic OH excluding ortho intramolecular Hbond substituents is 1. The van der Waals surface area contributed by atoms with Gasteiger partial charge in [-0.3, -0.25) is 0 Å². The van der Waals surface area contributed by atoms with E-state index in [-0.39, 0.29) is 17.1 Å². The SMILES string of the molecule is Oc1ccccc1.[Cu]. The number of phenols is 1. The topological polar surface area (TPSA) is 20.2 Å². The molecule has 47 valence electrons. The average molecular weight is 158 g/mol. The van der Waals surface area contributed by atoms with Gasteiger partial charge in [0, 0.05) is 17.1 Å². The van der Waals surface area contributed by atoms with E-state index >= 15 is 0 Å². The molecule has 2 heteroatoms. The second-order valence-electron chi connectivity index (χ2n) is 1.34. The molecule has 0 atom stereocenters. The van der Waals surface area contributed by atoms with Crippen molar-refractivity contribution in [2.45, 2.75) is 0 Å². The van der Waals surface area contributed by atoms with Crippen molar-refractivity contribution in [1.82, 2.24) is 0 Å². The predicted molar refractivity (Wildman–Crippen MR) is 28.1 cm³/mol. The first-order chi connectivity index (χ1) is 3.39. The number of para-hydroxylation sites is 1. The normalized spacial score (nSPS) is 7.50. The maximum Gasteiger partial charge on any atom is 0.115 e. The molecule has 1 N–H and O–H groups in total. The molecule has 0 aromatic heterocycles. The first kappa shape index (κ1) is 7.54. The van der Waals surface area contributed by atoms with E-state index in [2.05, 4.69) is 0 Å². The van der Waals surface area contributed by atoms with Gasteiger partial charge in [-0.15, -0.1) is 0 Å². The zero-order valence-corrected chi connectivity index (χ0v) is 5.08. The fourth-order valence-electron chi connectivity index (χ4n) is 0.428. The van der Waals surface area contributed by atoms with Gasteiger partial charge in [-0.05, 0) is 12.1 Å². The van der Waals surface area contributed by atoms with Gasteiger partial charge >= 0.3 is 0 Å². The summed E-state index contributed by atoms with van der Waals surface area (Å²) >= 11 is 0. The molecule has 0 saturated carbocycles. The molecular weight excluding hydrogens is 152 g/mol. The van der Waals surface area contributed by atoms with Gasteiger partial charge in [0.1, 0.15) is 5.75 Å². The molecule has 1 aromatic carbocycles. The number of hydrogen-bond acceptors (Lipinski definition) is 1. The quantitative estimate of drug-likeness (QED) is 0.565. The first-order valence-corrected chi connectivity index (χ1v) is 2.13. The molecule has 1 rings (SSSR count). The smallest absolute Gasteiger partial charge is 0.115 e. The van der Waals surface area contributed by atoms with Crippen molar-refractivity contribution in [2.24, 2.45) is 0 Å². The Morgan fingerprint density at radius 2 is 1.50 bits per heavy atom. The summed E-state index contributed by atoms with van der Waals surface area (Å²) in [6.07, 6.45) is 0. The van der Waals surface area contributed by atoms with Crippen molar-refractivity contribution in [3.63, 3.8) is 0 Å². The molecule has 0 amide bonds. The summed E-state index contributed by atoms with van der Waals surface area (Å²) in [7, 11) is 0. The summed E-state index contributed by atoms with van der Waals surface area (Å²) < 4.78 is 0. The fourth-order valence-corrected chi connectivity index (χ4v) is 0.428. The second kappa shape index (κ2) is 3.53. The summed E-state index contributed by atoms with van der Waals surface area (Å²) in [5.41, 5.74) is 0. The minimum atomic E-state index is 0. The van der Waals surface area contributed by atoms with Crippen LogP contribution in [0.15, 0.2) is 30.3 Å². The summed E-state index contributed by atoms with van der Waals surface area (Å²) in [4.78, 5) is 0. The first-order valence-electron chi connectivity index (χ1n) is 2.13. The minimum absolute atomic E-state index is 0. The van der Waals surface area contributed by atoms with Crippen LogP contribution in [0.2, 0.25) is 0 Å². The molecule has 1 aromatic rings. The Morgan fingerprint density at radius 3 is 1.75 bits per heavy atom. The van der Waals surface area contributed by atoms with E-state index in [9.17, 15) is 0 Å². The molecular formula is C6H6CuO. The largest absolute Gasteiger partial charge is 0.508 e. The van der Waals surface area contributed by atoms with Gasteiger partial charge < -0.3 is 5.11 Å². The van der Waals surface area contributed by atoms with Crippen LogP contribution in [0, 0.1) is 0 Å². The van der Waals surface area contributed by atoms with E-state index in [1.807, 2.05) is 6.07 Å². The Balaban J connectivity index is 0.000000490. The van der Waals surface area contributed by atoms with Crippen LogP contribution in [0.1, 0.15) is 0 Å². The standard InChI is InChI=1S/C6H6O.Cu/c7-6-4-2-1-3-5-6;/h1-5,7H;. The van der Waals surface area contributed by atoms with E-state index in [1.54, 1.807) is 24.3 Å². The third-order valence-electron chi connectivity index (χ3n) is 0.756. The van der Waals surface area contributed by atoms with Crippen molar-refractivity contribution in [2.75, 3.05) is 0 Å². The molecule has 1 radical (unpaired) electrons. The Bertz CT molecular complexity index is 138. The summed E-state index contributed by atoms with van der Waals surface area (Å²) in [6, 6.07) is 8.71. The van der Waals surface area contributed by atoms with Gasteiger partial charge in [-0.1, -0.05) is 18.2 Å². The van der Waals surface area contributed by atoms with Crippen molar-refractivity contribution in [3.8, 4) is 5.75 Å². The van der Waals surface area contributed by atoms with Gasteiger partial charge in [0.2, 0.25) is 0 Å². The monoisotopic (exact) mass is 157 g/mol. The van der Waals surface area contributed by atoms with Crippen LogP contribution in [0.25, 0.3) is 0 Å². The summed E-state index contributed by atoms with van der Waals surface area (Å²) in [6.45, 7) is 0. The summed E-state index contributed by atoms with van der Waals surface area (Å²) in [5, 5.41) is 8.63. The zero-order valence-electron chi connectivity index (χ0n) is 4.14. The molecule has 0 spiro atoms. The number of benzene rings is 1. The van der Waals surface area contributed by atoms with E-state index in [0.29, 0.717) is 5.75 Å². The van der Waals surface area contributed by atoms with Crippen molar-refractivity contribution in [3.05, 3.63) is 30.3 Å². The van der Waals surface area contributed by atoms with Crippen molar-refractivity contribution < 1.29 is 22.2 Å². The fraction of sp³-hybridized carbons (Fsp3) is 0. The van der Waals surface area contributed by atoms with E-state index in [0.717, 1.165) is 0 Å². The molecule has 0 aliphatic carbocycles. The molecule has 0 unspecified atom stereocenters. The molecule has 0 saturated heterocycles. The van der Waals surface area contributed by atoms with Gasteiger partial charge in [0.05, 0.1) is 0 Å². The molecule has 1 nitrogen and oxygen atoms in total. The zero-order chi connectivity index (χ0) is 5.11. The van der Waals surface area contributed by atoms with E-state index < -0.39 is 0 Å². The molecule has 0 fully saturated rings. The van der Waals surface area contributed by atoms with Crippen molar-refractivity contribution >= 4 is 0 Å². The summed E-state index contributed by atoms with van der Waals surface area (Å²) in [5.74, 6) is 0.322. The van der Waals surface area contributed by atoms with Gasteiger partial charge in [-0.25, -0.2) is 0 Å². The Morgan fingerprint density at radius 1 is 1.00 bits per heavy atom. The Kier molecular flexibility index (Phi) is 3.33. The van der Waals surface area contributed by atoms with Gasteiger partial charge in [0.25, 0.3) is 0 Å². The number of rotatable bonds is 0. The van der Waals surface area contributed by atoms with Crippen LogP contribution in [-0.4, -0.2) is 5.11 Å². The van der Waals surface area contributed by atoms with Crippen LogP contribution in [-0.2, 0) is 17.1 Å². The van der Waals surface area contributed by atoms with Gasteiger partial charge in [0.15, 0.2) is 0 Å². The van der Waals surface area contributed by atoms with Crippen LogP contribution < -0.4 is 0 Å². The van der Waals surface area contributed by atoms with Crippen LogP contribution >= 0.6 is 0 Å². The third kappa shape index (κ3) is 2.01. The van der Waals surface area contributed by atoms with Crippen LogP contribution in [0.4, 0.5) is 0 Å². The van der Waals surface area contributed by atoms with Crippen LogP contribution in [0.3, 0.4) is 0 Å². The number of hydrogen-bond donors (Lipinski definition) is 1. The van der Waals surface area contributed by atoms with E-state index in [1.165, 1.54) is 0 Å².